The summed E-state index contributed by atoms with van der Waals surface area (Å²) in [5.74, 6) is -0.152. The van der Waals surface area contributed by atoms with E-state index in [0.29, 0.717) is 23.5 Å². The van der Waals surface area contributed by atoms with Gasteiger partial charge in [-0.2, -0.15) is 0 Å². The molecule has 0 atom stereocenters. The van der Waals surface area contributed by atoms with Gasteiger partial charge in [0.15, 0.2) is 0 Å². The topological polar surface area (TPSA) is 93.5 Å². The van der Waals surface area contributed by atoms with E-state index in [2.05, 4.69) is 10.6 Å². The molecule has 0 aromatic heterocycles. The molecule has 3 rings (SSSR count). The molecular formula is C22H20FN3O3. The summed E-state index contributed by atoms with van der Waals surface area (Å²) in [5, 5.41) is 5.32. The average molecular weight is 393 g/mol. The Labute approximate surface area is 167 Å². The summed E-state index contributed by atoms with van der Waals surface area (Å²) in [6, 6.07) is 19.2. The normalized spacial score (nSPS) is 10.2. The smallest absolute Gasteiger partial charge is 0.316 e. The summed E-state index contributed by atoms with van der Waals surface area (Å²) in [6.07, 6.45) is 0. The molecule has 0 bridgehead atoms. The van der Waals surface area contributed by atoms with Crippen molar-refractivity contribution < 1.29 is 18.7 Å². The van der Waals surface area contributed by atoms with Gasteiger partial charge in [0.2, 0.25) is 0 Å². The number of urea groups is 1. The van der Waals surface area contributed by atoms with Crippen molar-refractivity contribution in [1.82, 2.24) is 5.32 Å². The predicted octanol–water partition coefficient (Wildman–Crippen LogP) is 3.83. The van der Waals surface area contributed by atoms with Crippen LogP contribution in [0.2, 0.25) is 0 Å². The number of hydrogen-bond acceptors (Lipinski definition) is 3. The van der Waals surface area contributed by atoms with Crippen LogP contribution in [0, 0.1) is 5.82 Å². The fraction of sp³-hybridized carbons (Fsp3) is 0.0909. The van der Waals surface area contributed by atoms with Gasteiger partial charge < -0.3 is 21.1 Å². The van der Waals surface area contributed by atoms with Gasteiger partial charge in [0.1, 0.15) is 18.2 Å². The molecule has 3 aromatic carbocycles. The fourth-order valence-electron chi connectivity index (χ4n) is 2.65. The largest absolute Gasteiger partial charge is 0.488 e. The molecule has 0 aliphatic heterocycles. The van der Waals surface area contributed by atoms with Crippen LogP contribution in [0.25, 0.3) is 0 Å². The second-order valence-corrected chi connectivity index (χ2v) is 6.28. The van der Waals surface area contributed by atoms with Gasteiger partial charge in [-0.3, -0.25) is 4.79 Å². The third-order valence-electron chi connectivity index (χ3n) is 4.11. The molecule has 0 aliphatic rings. The van der Waals surface area contributed by atoms with Crippen molar-refractivity contribution in [2.75, 3.05) is 5.32 Å². The molecule has 0 saturated carbocycles. The second kappa shape index (κ2) is 9.36. The minimum atomic E-state index is -0.636. The van der Waals surface area contributed by atoms with Crippen molar-refractivity contribution in [2.24, 2.45) is 5.73 Å². The minimum absolute atomic E-state index is 0.221. The highest BCUT2D eigenvalue weighted by molar-refractivity contribution is 5.96. The van der Waals surface area contributed by atoms with E-state index < -0.39 is 6.03 Å². The van der Waals surface area contributed by atoms with Crippen LogP contribution in [0.3, 0.4) is 0 Å². The van der Waals surface area contributed by atoms with E-state index >= 15 is 0 Å². The molecule has 148 valence electrons. The number of carbonyl (C=O) groups is 2. The highest BCUT2D eigenvalue weighted by Gasteiger charge is 2.12. The first kappa shape index (κ1) is 19.9. The van der Waals surface area contributed by atoms with Crippen LogP contribution in [0.4, 0.5) is 14.9 Å². The van der Waals surface area contributed by atoms with E-state index in [1.165, 1.54) is 12.1 Å². The van der Waals surface area contributed by atoms with Crippen LogP contribution < -0.4 is 21.1 Å². The minimum Gasteiger partial charge on any atom is -0.488 e. The SMILES string of the molecule is NC(=O)Nc1ccc(CNC(=O)c2ccccc2OCc2ccc(F)cc2)cc1. The van der Waals surface area contributed by atoms with Gasteiger partial charge in [-0.1, -0.05) is 36.4 Å². The fourth-order valence-corrected chi connectivity index (χ4v) is 2.65. The van der Waals surface area contributed by atoms with Gasteiger partial charge in [0, 0.05) is 12.2 Å². The maximum Gasteiger partial charge on any atom is 0.316 e. The maximum atomic E-state index is 13.0. The van der Waals surface area contributed by atoms with Gasteiger partial charge in [-0.15, -0.1) is 0 Å². The number of anilines is 1. The second-order valence-electron chi connectivity index (χ2n) is 6.28. The molecule has 4 N–H and O–H groups in total. The highest BCUT2D eigenvalue weighted by Crippen LogP contribution is 2.20. The monoisotopic (exact) mass is 393 g/mol. The molecule has 0 saturated heterocycles. The lowest BCUT2D eigenvalue weighted by atomic mass is 10.1. The van der Waals surface area contributed by atoms with E-state index in [-0.39, 0.29) is 18.3 Å². The number of para-hydroxylation sites is 1. The van der Waals surface area contributed by atoms with Crippen molar-refractivity contribution in [1.29, 1.82) is 0 Å². The molecule has 3 amide bonds. The first-order valence-electron chi connectivity index (χ1n) is 8.91. The molecule has 29 heavy (non-hydrogen) atoms. The molecule has 0 radical (unpaired) electrons. The Morgan fingerprint density at radius 2 is 1.55 bits per heavy atom. The number of nitrogens with two attached hydrogens (primary N) is 1. The van der Waals surface area contributed by atoms with Crippen LogP contribution in [0.1, 0.15) is 21.5 Å². The quantitative estimate of drug-likeness (QED) is 0.570. The number of carbonyl (C=O) groups excluding carboxylic acids is 2. The molecule has 0 aliphatic carbocycles. The van der Waals surface area contributed by atoms with Crippen molar-refractivity contribution >= 4 is 17.6 Å². The van der Waals surface area contributed by atoms with Gasteiger partial charge in [-0.05, 0) is 47.5 Å². The standard InChI is InChI=1S/C22H20FN3O3/c23-17-9-5-16(6-10-17)14-29-20-4-2-1-3-19(20)21(27)25-13-15-7-11-18(12-8-15)26-22(24)28/h1-12H,13-14H2,(H,25,27)(H3,24,26,28). The lowest BCUT2D eigenvalue weighted by Crippen LogP contribution is -2.23. The number of nitrogens with one attached hydrogen (secondary N) is 2. The Kier molecular flexibility index (Phi) is 6.42. The highest BCUT2D eigenvalue weighted by atomic mass is 19.1. The zero-order chi connectivity index (χ0) is 20.6. The van der Waals surface area contributed by atoms with Gasteiger partial charge >= 0.3 is 6.03 Å². The zero-order valence-corrected chi connectivity index (χ0v) is 15.5. The van der Waals surface area contributed by atoms with Crippen molar-refractivity contribution in [3.8, 4) is 5.75 Å². The van der Waals surface area contributed by atoms with Crippen LogP contribution in [0.5, 0.6) is 5.75 Å². The molecule has 0 unspecified atom stereocenters. The molecule has 6 nitrogen and oxygen atoms in total. The van der Waals surface area contributed by atoms with Crippen LogP contribution >= 0.6 is 0 Å². The Balaban J connectivity index is 1.60. The Hall–Kier alpha value is -3.87. The van der Waals surface area contributed by atoms with Crippen molar-refractivity contribution in [2.45, 2.75) is 13.2 Å². The van der Waals surface area contributed by atoms with Crippen LogP contribution in [-0.4, -0.2) is 11.9 Å². The Morgan fingerprint density at radius 3 is 2.24 bits per heavy atom. The third kappa shape index (κ3) is 5.80. The number of benzene rings is 3. The summed E-state index contributed by atoms with van der Waals surface area (Å²) in [6.45, 7) is 0.529. The number of primary amides is 1. The summed E-state index contributed by atoms with van der Waals surface area (Å²) in [4.78, 5) is 23.4. The number of halogens is 1. The summed E-state index contributed by atoms with van der Waals surface area (Å²) in [5.41, 5.74) is 7.71. The van der Waals surface area contributed by atoms with Crippen LogP contribution in [-0.2, 0) is 13.2 Å². The van der Waals surface area contributed by atoms with Gasteiger partial charge in [-0.25, -0.2) is 9.18 Å². The number of hydrogen-bond donors (Lipinski definition) is 3. The molecule has 7 heteroatoms. The summed E-state index contributed by atoms with van der Waals surface area (Å²) < 4.78 is 18.8. The maximum absolute atomic E-state index is 13.0. The number of rotatable bonds is 7. The van der Waals surface area contributed by atoms with E-state index in [0.717, 1.165) is 11.1 Å². The summed E-state index contributed by atoms with van der Waals surface area (Å²) in [7, 11) is 0. The Bertz CT molecular complexity index is 989. The van der Waals surface area contributed by atoms with Gasteiger partial charge in [0.05, 0.1) is 5.56 Å². The van der Waals surface area contributed by atoms with Crippen LogP contribution in [0.15, 0.2) is 72.8 Å². The predicted molar refractivity (Wildman–Crippen MR) is 108 cm³/mol. The lowest BCUT2D eigenvalue weighted by Gasteiger charge is -2.12. The van der Waals surface area contributed by atoms with Gasteiger partial charge in [0.25, 0.3) is 5.91 Å². The Morgan fingerprint density at radius 1 is 0.897 bits per heavy atom. The van der Waals surface area contributed by atoms with Crippen molar-refractivity contribution in [3.63, 3.8) is 0 Å². The lowest BCUT2D eigenvalue weighted by molar-refractivity contribution is 0.0946. The van der Waals surface area contributed by atoms with E-state index in [9.17, 15) is 14.0 Å². The first-order valence-corrected chi connectivity index (χ1v) is 8.91. The third-order valence-corrected chi connectivity index (χ3v) is 4.11. The summed E-state index contributed by atoms with van der Waals surface area (Å²) >= 11 is 0. The van der Waals surface area contributed by atoms with E-state index in [1.807, 2.05) is 0 Å². The average Bonchev–Trinajstić information content (AvgIpc) is 2.72. The number of amides is 3. The first-order chi connectivity index (χ1) is 14.0. The van der Waals surface area contributed by atoms with E-state index in [4.69, 9.17) is 10.5 Å². The molecule has 0 spiro atoms. The molecule has 3 aromatic rings. The molecular weight excluding hydrogens is 373 g/mol. The number of ether oxygens (including phenoxy) is 1. The van der Waals surface area contributed by atoms with Crippen molar-refractivity contribution in [3.05, 3.63) is 95.3 Å². The molecule has 0 heterocycles. The van der Waals surface area contributed by atoms with E-state index in [1.54, 1.807) is 60.7 Å². The zero-order valence-electron chi connectivity index (χ0n) is 15.5. The molecule has 0 fully saturated rings.